The number of hydrogen-bond donors (Lipinski definition) is 2. The molecule has 0 amide bonds. The van der Waals surface area contributed by atoms with Gasteiger partial charge in [0, 0.05) is 12.1 Å². The van der Waals surface area contributed by atoms with Gasteiger partial charge in [-0.1, -0.05) is 13.8 Å². The summed E-state index contributed by atoms with van der Waals surface area (Å²) in [4.78, 5) is 10.7. The van der Waals surface area contributed by atoms with Crippen molar-refractivity contribution < 1.29 is 9.90 Å². The van der Waals surface area contributed by atoms with E-state index in [4.69, 9.17) is 5.11 Å². The monoisotopic (exact) mass is 185 g/mol. The highest BCUT2D eigenvalue weighted by Gasteiger charge is 2.25. The van der Waals surface area contributed by atoms with Crippen molar-refractivity contribution in [2.75, 3.05) is 0 Å². The van der Waals surface area contributed by atoms with Gasteiger partial charge < -0.3 is 10.4 Å². The van der Waals surface area contributed by atoms with E-state index in [-0.39, 0.29) is 5.92 Å². The predicted molar refractivity (Wildman–Crippen MR) is 51.7 cm³/mol. The molecular formula is C10H19NO2. The van der Waals surface area contributed by atoms with Crippen LogP contribution in [-0.2, 0) is 4.79 Å². The average molecular weight is 185 g/mol. The zero-order chi connectivity index (χ0) is 9.84. The van der Waals surface area contributed by atoms with Gasteiger partial charge in [-0.25, -0.2) is 0 Å². The number of carboxylic acid groups (broad SMARTS) is 1. The van der Waals surface area contributed by atoms with Crippen LogP contribution in [0.1, 0.15) is 39.5 Å². The van der Waals surface area contributed by atoms with Crippen LogP contribution in [-0.4, -0.2) is 23.2 Å². The van der Waals surface area contributed by atoms with Crippen LogP contribution in [0.15, 0.2) is 0 Å². The largest absolute Gasteiger partial charge is 0.481 e. The Kier molecular flexibility index (Phi) is 3.72. The molecule has 0 unspecified atom stereocenters. The minimum absolute atomic E-state index is 0.0924. The van der Waals surface area contributed by atoms with Crippen LogP contribution in [0.2, 0.25) is 0 Å². The molecule has 1 saturated carbocycles. The molecule has 3 heteroatoms. The Morgan fingerprint density at radius 2 is 1.85 bits per heavy atom. The summed E-state index contributed by atoms with van der Waals surface area (Å²) in [7, 11) is 0. The van der Waals surface area contributed by atoms with Gasteiger partial charge in [-0.2, -0.15) is 0 Å². The summed E-state index contributed by atoms with van der Waals surface area (Å²) in [5, 5.41) is 12.2. The Morgan fingerprint density at radius 3 is 2.23 bits per heavy atom. The van der Waals surface area contributed by atoms with E-state index in [0.29, 0.717) is 12.1 Å². The molecule has 0 heterocycles. The molecule has 1 aliphatic carbocycles. The lowest BCUT2D eigenvalue weighted by Gasteiger charge is -2.28. The van der Waals surface area contributed by atoms with Crippen LogP contribution in [0.25, 0.3) is 0 Å². The van der Waals surface area contributed by atoms with Gasteiger partial charge in [-0.3, -0.25) is 4.79 Å². The summed E-state index contributed by atoms with van der Waals surface area (Å²) in [6, 6.07) is 1.04. The number of carbonyl (C=O) groups is 1. The number of nitrogens with one attached hydrogen (secondary N) is 1. The van der Waals surface area contributed by atoms with Crippen molar-refractivity contribution in [2.24, 2.45) is 5.92 Å². The van der Waals surface area contributed by atoms with Crippen molar-refractivity contribution in [3.8, 4) is 0 Å². The molecule has 0 aromatic rings. The Balaban J connectivity index is 2.26. The quantitative estimate of drug-likeness (QED) is 0.702. The van der Waals surface area contributed by atoms with Gasteiger partial charge >= 0.3 is 5.97 Å². The predicted octanol–water partition coefficient (Wildman–Crippen LogP) is 1.63. The maximum atomic E-state index is 10.7. The van der Waals surface area contributed by atoms with Crippen molar-refractivity contribution in [1.82, 2.24) is 5.32 Å². The first kappa shape index (κ1) is 10.5. The van der Waals surface area contributed by atoms with Crippen LogP contribution >= 0.6 is 0 Å². The summed E-state index contributed by atoms with van der Waals surface area (Å²) in [6.45, 7) is 4.26. The van der Waals surface area contributed by atoms with Crippen LogP contribution in [0.5, 0.6) is 0 Å². The van der Waals surface area contributed by atoms with Crippen molar-refractivity contribution in [3.63, 3.8) is 0 Å². The van der Waals surface area contributed by atoms with E-state index in [0.717, 1.165) is 25.7 Å². The zero-order valence-corrected chi connectivity index (χ0v) is 8.42. The highest BCUT2D eigenvalue weighted by atomic mass is 16.4. The third kappa shape index (κ3) is 3.35. The van der Waals surface area contributed by atoms with Gasteiger partial charge in [0.1, 0.15) is 0 Å². The first-order valence-electron chi connectivity index (χ1n) is 5.08. The topological polar surface area (TPSA) is 49.3 Å². The molecular weight excluding hydrogens is 166 g/mol. The molecule has 13 heavy (non-hydrogen) atoms. The van der Waals surface area contributed by atoms with Crippen LogP contribution in [0, 0.1) is 5.92 Å². The van der Waals surface area contributed by atoms with E-state index >= 15 is 0 Å². The molecule has 1 aliphatic rings. The number of aliphatic carboxylic acids is 1. The Labute approximate surface area is 79.5 Å². The van der Waals surface area contributed by atoms with Gasteiger partial charge in [0.05, 0.1) is 5.92 Å². The van der Waals surface area contributed by atoms with Gasteiger partial charge in [0.25, 0.3) is 0 Å². The third-order valence-electron chi connectivity index (χ3n) is 2.65. The summed E-state index contributed by atoms with van der Waals surface area (Å²) in [5.41, 5.74) is 0. The molecule has 0 bridgehead atoms. The van der Waals surface area contributed by atoms with Gasteiger partial charge in [-0.05, 0) is 25.7 Å². The zero-order valence-electron chi connectivity index (χ0n) is 8.42. The van der Waals surface area contributed by atoms with Crippen LogP contribution in [0.4, 0.5) is 0 Å². The SMILES string of the molecule is CC(C)N[C@H]1CC[C@@H](C(=O)O)CC1. The highest BCUT2D eigenvalue weighted by molar-refractivity contribution is 5.70. The number of rotatable bonds is 3. The minimum Gasteiger partial charge on any atom is -0.481 e. The third-order valence-corrected chi connectivity index (χ3v) is 2.65. The van der Waals surface area contributed by atoms with Crippen molar-refractivity contribution in [3.05, 3.63) is 0 Å². The van der Waals surface area contributed by atoms with Crippen LogP contribution < -0.4 is 5.32 Å². The van der Waals surface area contributed by atoms with E-state index < -0.39 is 5.97 Å². The molecule has 0 aromatic heterocycles. The molecule has 0 spiro atoms. The molecule has 2 N–H and O–H groups in total. The summed E-state index contributed by atoms with van der Waals surface area (Å²) < 4.78 is 0. The summed E-state index contributed by atoms with van der Waals surface area (Å²) in [5.74, 6) is -0.715. The second kappa shape index (κ2) is 4.61. The number of hydrogen-bond acceptors (Lipinski definition) is 2. The fourth-order valence-corrected chi connectivity index (χ4v) is 1.98. The maximum Gasteiger partial charge on any atom is 0.306 e. The normalized spacial score (nSPS) is 29.2. The second-order valence-electron chi connectivity index (χ2n) is 4.21. The Hall–Kier alpha value is -0.570. The second-order valence-corrected chi connectivity index (χ2v) is 4.21. The Morgan fingerprint density at radius 1 is 1.31 bits per heavy atom. The number of carboxylic acids is 1. The van der Waals surface area contributed by atoms with Crippen molar-refractivity contribution in [2.45, 2.75) is 51.6 Å². The van der Waals surface area contributed by atoms with Gasteiger partial charge in [0.2, 0.25) is 0 Å². The molecule has 3 nitrogen and oxygen atoms in total. The molecule has 0 aromatic carbocycles. The first-order valence-corrected chi connectivity index (χ1v) is 5.08. The average Bonchev–Trinajstić information content (AvgIpc) is 2.04. The summed E-state index contributed by atoms with van der Waals surface area (Å²) >= 11 is 0. The molecule has 1 fully saturated rings. The minimum atomic E-state index is -0.622. The first-order chi connectivity index (χ1) is 6.09. The highest BCUT2D eigenvalue weighted by Crippen LogP contribution is 2.24. The lowest BCUT2D eigenvalue weighted by Crippen LogP contribution is -2.38. The van der Waals surface area contributed by atoms with E-state index in [2.05, 4.69) is 19.2 Å². The van der Waals surface area contributed by atoms with Crippen molar-refractivity contribution >= 4 is 5.97 Å². The molecule has 0 saturated heterocycles. The van der Waals surface area contributed by atoms with Gasteiger partial charge in [0.15, 0.2) is 0 Å². The standard InChI is InChI=1S/C10H19NO2/c1-7(2)11-9-5-3-8(4-6-9)10(12)13/h7-9,11H,3-6H2,1-2H3,(H,12,13)/t8-,9+. The fraction of sp³-hybridized carbons (Fsp3) is 0.900. The smallest absolute Gasteiger partial charge is 0.306 e. The van der Waals surface area contributed by atoms with Crippen LogP contribution in [0.3, 0.4) is 0 Å². The lowest BCUT2D eigenvalue weighted by atomic mass is 9.86. The van der Waals surface area contributed by atoms with E-state index in [9.17, 15) is 4.79 Å². The molecule has 0 radical (unpaired) electrons. The fourth-order valence-electron chi connectivity index (χ4n) is 1.98. The molecule has 1 rings (SSSR count). The van der Waals surface area contributed by atoms with Crippen molar-refractivity contribution in [1.29, 1.82) is 0 Å². The molecule has 0 aliphatic heterocycles. The Bertz CT molecular complexity index is 172. The maximum absolute atomic E-state index is 10.7. The lowest BCUT2D eigenvalue weighted by molar-refractivity contribution is -0.142. The van der Waals surface area contributed by atoms with E-state index in [1.807, 2.05) is 0 Å². The molecule has 0 atom stereocenters. The van der Waals surface area contributed by atoms with E-state index in [1.165, 1.54) is 0 Å². The van der Waals surface area contributed by atoms with E-state index in [1.54, 1.807) is 0 Å². The molecule has 76 valence electrons. The van der Waals surface area contributed by atoms with Gasteiger partial charge in [-0.15, -0.1) is 0 Å². The summed E-state index contributed by atoms with van der Waals surface area (Å²) in [6.07, 6.45) is 3.68.